The largest absolute Gasteiger partial charge is 0.384 e. The minimum atomic E-state index is -3.99. The molecular weight excluding hydrogens is 407 g/mol. The van der Waals surface area contributed by atoms with Crippen molar-refractivity contribution in [2.24, 2.45) is 0 Å². The second kappa shape index (κ2) is 6.23. The molecule has 0 amide bonds. The SMILES string of the molecule is Cc1nc(C)c2ncn(C3(C)OC(C)(COP(O)(O)=S)C(C)(O)C3(C)O)c2n1. The van der Waals surface area contributed by atoms with Crippen LogP contribution in [0.25, 0.3) is 11.2 Å². The maximum Gasteiger partial charge on any atom is 0.321 e. The number of aryl methyl sites for hydroxylation is 2. The van der Waals surface area contributed by atoms with E-state index in [9.17, 15) is 20.0 Å². The summed E-state index contributed by atoms with van der Waals surface area (Å²) in [4.78, 5) is 31.9. The van der Waals surface area contributed by atoms with Crippen molar-refractivity contribution in [2.45, 2.75) is 64.1 Å². The number of nitrogens with zero attached hydrogens (tertiary/aromatic N) is 4. The molecule has 4 atom stereocenters. The number of imidazole rings is 1. The average Bonchev–Trinajstić information content (AvgIpc) is 2.99. The van der Waals surface area contributed by atoms with E-state index >= 15 is 0 Å². The second-order valence-corrected chi connectivity index (χ2v) is 10.5. The van der Waals surface area contributed by atoms with Gasteiger partial charge < -0.3 is 29.3 Å². The van der Waals surface area contributed by atoms with Gasteiger partial charge in [-0.05, 0) is 53.3 Å². The molecule has 1 aliphatic rings. The number of hydrogen-bond acceptors (Lipinski definition) is 8. The van der Waals surface area contributed by atoms with Gasteiger partial charge >= 0.3 is 6.72 Å². The van der Waals surface area contributed by atoms with E-state index in [1.165, 1.54) is 31.7 Å². The molecule has 28 heavy (non-hydrogen) atoms. The van der Waals surface area contributed by atoms with Crippen molar-refractivity contribution in [1.82, 2.24) is 19.5 Å². The Bertz CT molecular complexity index is 989. The minimum absolute atomic E-state index is 0.433. The smallest absolute Gasteiger partial charge is 0.321 e. The molecule has 0 spiro atoms. The van der Waals surface area contributed by atoms with Gasteiger partial charge in [0.2, 0.25) is 0 Å². The first-order chi connectivity index (χ1) is 12.6. The maximum atomic E-state index is 11.4. The molecule has 1 saturated heterocycles. The van der Waals surface area contributed by atoms with Crippen LogP contribution >= 0.6 is 6.72 Å². The van der Waals surface area contributed by atoms with Crippen molar-refractivity contribution in [3.63, 3.8) is 0 Å². The molecule has 4 N–H and O–H groups in total. The summed E-state index contributed by atoms with van der Waals surface area (Å²) < 4.78 is 12.7. The molecular formula is C16H25N4O6PS. The Morgan fingerprint density at radius 1 is 1.14 bits per heavy atom. The van der Waals surface area contributed by atoms with E-state index in [0.717, 1.165) is 0 Å². The number of hydrogen-bond donors (Lipinski definition) is 4. The van der Waals surface area contributed by atoms with Gasteiger partial charge in [0, 0.05) is 0 Å². The second-order valence-electron chi connectivity index (χ2n) is 7.87. The average molecular weight is 432 g/mol. The van der Waals surface area contributed by atoms with E-state index in [4.69, 9.17) is 9.26 Å². The lowest BCUT2D eigenvalue weighted by molar-refractivity contribution is -0.191. The third-order valence-corrected chi connectivity index (χ3v) is 6.74. The van der Waals surface area contributed by atoms with E-state index in [1.54, 1.807) is 20.8 Å². The highest BCUT2D eigenvalue weighted by Crippen LogP contribution is 2.56. The van der Waals surface area contributed by atoms with Gasteiger partial charge in [-0.1, -0.05) is 0 Å². The molecule has 4 unspecified atom stereocenters. The Balaban J connectivity index is 2.17. The molecule has 0 aliphatic carbocycles. The third-order valence-electron chi connectivity index (χ3n) is 5.95. The highest BCUT2D eigenvalue weighted by molar-refractivity contribution is 8.06. The van der Waals surface area contributed by atoms with Gasteiger partial charge in [-0.25, -0.2) is 15.0 Å². The van der Waals surface area contributed by atoms with E-state index in [1.807, 2.05) is 0 Å². The van der Waals surface area contributed by atoms with Crippen LogP contribution in [0, 0.1) is 13.8 Å². The number of ether oxygens (including phenoxy) is 1. The fraction of sp³-hybridized carbons (Fsp3) is 0.688. The number of fused-ring (bicyclic) bond motifs is 1. The molecule has 1 fully saturated rings. The fourth-order valence-corrected chi connectivity index (χ4v) is 4.33. The van der Waals surface area contributed by atoms with E-state index in [-0.39, 0.29) is 0 Å². The Morgan fingerprint density at radius 2 is 1.75 bits per heavy atom. The summed E-state index contributed by atoms with van der Waals surface area (Å²) in [6.07, 6.45) is 1.46. The fourth-order valence-electron chi connectivity index (χ4n) is 3.76. The first-order valence-corrected chi connectivity index (χ1v) is 11.2. The molecule has 1 aliphatic heterocycles. The zero-order chi connectivity index (χ0) is 21.3. The van der Waals surface area contributed by atoms with Crippen LogP contribution < -0.4 is 0 Å². The summed E-state index contributed by atoms with van der Waals surface area (Å²) in [7, 11) is 0. The molecule has 2 aromatic rings. The van der Waals surface area contributed by atoms with Gasteiger partial charge in [0.1, 0.15) is 28.1 Å². The van der Waals surface area contributed by atoms with Crippen molar-refractivity contribution in [1.29, 1.82) is 0 Å². The summed E-state index contributed by atoms with van der Waals surface area (Å²) >= 11 is 4.50. The standard InChI is InChI=1S/C16H25N4O6PS/c1-9-11-12(19-10(2)18-9)20(8-17-11)16(6)15(5,22)14(4,21)13(3,26-16)7-25-27(23,24)28/h8,21-22H,7H2,1-6H3,(H2,23,24,28). The predicted octanol–water partition coefficient (Wildman–Crippen LogP) is 0.632. The summed E-state index contributed by atoms with van der Waals surface area (Å²) in [5.74, 6) is 0.520. The first kappa shape index (κ1) is 21.7. The van der Waals surface area contributed by atoms with Crippen LogP contribution in [0.5, 0.6) is 0 Å². The van der Waals surface area contributed by atoms with E-state index in [2.05, 4.69) is 26.8 Å². The lowest BCUT2D eigenvalue weighted by atomic mass is 9.73. The lowest BCUT2D eigenvalue weighted by Gasteiger charge is -2.42. The van der Waals surface area contributed by atoms with Crippen LogP contribution in [0.2, 0.25) is 0 Å². The quantitative estimate of drug-likeness (QED) is 0.508. The summed E-state index contributed by atoms with van der Waals surface area (Å²) in [5, 5.41) is 22.7. The minimum Gasteiger partial charge on any atom is -0.384 e. The topological polar surface area (TPSA) is 143 Å². The Morgan fingerprint density at radius 3 is 2.32 bits per heavy atom. The molecule has 0 bridgehead atoms. The molecule has 156 valence electrons. The molecule has 0 saturated carbocycles. The highest BCUT2D eigenvalue weighted by atomic mass is 32.5. The predicted molar refractivity (Wildman–Crippen MR) is 104 cm³/mol. The monoisotopic (exact) mass is 432 g/mol. The van der Waals surface area contributed by atoms with Crippen molar-refractivity contribution in [3.05, 3.63) is 17.8 Å². The first-order valence-electron chi connectivity index (χ1n) is 8.59. The maximum absolute atomic E-state index is 11.4. The van der Waals surface area contributed by atoms with Crippen LogP contribution in [0.15, 0.2) is 6.33 Å². The number of aromatic nitrogens is 4. The van der Waals surface area contributed by atoms with Gasteiger partial charge in [0.05, 0.1) is 18.6 Å². The zero-order valence-electron chi connectivity index (χ0n) is 16.5. The van der Waals surface area contributed by atoms with E-state index < -0.39 is 35.9 Å². The zero-order valence-corrected chi connectivity index (χ0v) is 18.2. The molecule has 0 aromatic carbocycles. The molecule has 12 heteroatoms. The number of aliphatic hydroxyl groups is 2. The summed E-state index contributed by atoms with van der Waals surface area (Å²) in [6.45, 7) is 5.01. The molecule has 3 rings (SSSR count). The highest BCUT2D eigenvalue weighted by Gasteiger charge is 2.73. The molecule has 2 aromatic heterocycles. The number of rotatable bonds is 4. The van der Waals surface area contributed by atoms with Crippen LogP contribution in [0.3, 0.4) is 0 Å². The molecule has 3 heterocycles. The van der Waals surface area contributed by atoms with Crippen LogP contribution in [-0.2, 0) is 26.8 Å². The lowest BCUT2D eigenvalue weighted by Crippen LogP contribution is -2.63. The van der Waals surface area contributed by atoms with Crippen molar-refractivity contribution >= 4 is 29.7 Å². The van der Waals surface area contributed by atoms with Crippen LogP contribution in [0.1, 0.15) is 39.2 Å². The molecule has 0 radical (unpaired) electrons. The van der Waals surface area contributed by atoms with Crippen molar-refractivity contribution in [3.8, 4) is 0 Å². The van der Waals surface area contributed by atoms with Crippen molar-refractivity contribution in [2.75, 3.05) is 6.61 Å². The van der Waals surface area contributed by atoms with Gasteiger partial charge in [-0.2, -0.15) is 0 Å². The summed E-state index contributed by atoms with van der Waals surface area (Å²) in [6, 6.07) is 0. The summed E-state index contributed by atoms with van der Waals surface area (Å²) in [5.41, 5.74) is -5.14. The van der Waals surface area contributed by atoms with Gasteiger partial charge in [-0.15, -0.1) is 0 Å². The van der Waals surface area contributed by atoms with Crippen LogP contribution in [0.4, 0.5) is 0 Å². The Labute approximate surface area is 167 Å². The van der Waals surface area contributed by atoms with Crippen LogP contribution in [-0.4, -0.2) is 62.9 Å². The van der Waals surface area contributed by atoms with Gasteiger partial charge in [0.15, 0.2) is 11.4 Å². The Hall–Kier alpha value is -1.04. The molecule has 10 nitrogen and oxygen atoms in total. The van der Waals surface area contributed by atoms with Crippen molar-refractivity contribution < 1.29 is 29.3 Å². The third kappa shape index (κ3) is 2.93. The Kier molecular flexibility index (Phi) is 4.82. The van der Waals surface area contributed by atoms with Gasteiger partial charge in [0.25, 0.3) is 0 Å². The van der Waals surface area contributed by atoms with Gasteiger partial charge in [-0.3, -0.25) is 4.57 Å². The van der Waals surface area contributed by atoms with E-state index in [0.29, 0.717) is 22.7 Å². The normalized spacial score (nSPS) is 36.4.